The summed E-state index contributed by atoms with van der Waals surface area (Å²) in [5.41, 5.74) is 16.4. The summed E-state index contributed by atoms with van der Waals surface area (Å²) >= 11 is 1.87. The number of nitriles is 1. The van der Waals surface area contributed by atoms with E-state index in [1.165, 1.54) is 48.8 Å². The molecule has 0 radical (unpaired) electrons. The minimum atomic E-state index is -0.494. The summed E-state index contributed by atoms with van der Waals surface area (Å²) in [4.78, 5) is 13.0. The highest BCUT2D eigenvalue weighted by Crippen LogP contribution is 2.64. The molecule has 3 nitrogen and oxygen atoms in total. The van der Waals surface area contributed by atoms with Crippen LogP contribution in [0.25, 0.3) is 50.6 Å². The molecule has 1 aromatic heterocycles. The first-order chi connectivity index (χ1) is 28.7. The van der Waals surface area contributed by atoms with E-state index < -0.39 is 5.41 Å². The van der Waals surface area contributed by atoms with Gasteiger partial charge in [0.05, 0.1) is 28.4 Å². The average Bonchev–Trinajstić information content (AvgIpc) is 3.59. The highest BCUT2D eigenvalue weighted by Gasteiger charge is 2.52. The van der Waals surface area contributed by atoms with Crippen LogP contribution in [0.1, 0.15) is 45.7 Å². The van der Waals surface area contributed by atoms with Crippen LogP contribution in [0.3, 0.4) is 0 Å². The molecule has 0 saturated heterocycles. The second-order valence-corrected chi connectivity index (χ2v) is 16.2. The number of aromatic nitrogens is 2. The fourth-order valence-corrected chi connectivity index (χ4v) is 10.6. The van der Waals surface area contributed by atoms with E-state index in [1.54, 1.807) is 0 Å². The van der Waals surface area contributed by atoms with Crippen LogP contribution in [0.2, 0.25) is 0 Å². The van der Waals surface area contributed by atoms with E-state index >= 15 is 0 Å². The summed E-state index contributed by atoms with van der Waals surface area (Å²) in [5, 5.41) is 9.70. The molecule has 272 valence electrons. The third kappa shape index (κ3) is 5.43. The van der Waals surface area contributed by atoms with Crippen LogP contribution in [0.15, 0.2) is 210 Å². The Morgan fingerprint density at radius 3 is 1.88 bits per heavy atom. The van der Waals surface area contributed by atoms with E-state index in [9.17, 15) is 5.26 Å². The van der Waals surface area contributed by atoms with E-state index in [2.05, 4.69) is 158 Å². The predicted molar refractivity (Wildman–Crippen MR) is 235 cm³/mol. The maximum absolute atomic E-state index is 9.70. The van der Waals surface area contributed by atoms with Crippen molar-refractivity contribution in [2.24, 2.45) is 0 Å². The summed E-state index contributed by atoms with van der Waals surface area (Å²) in [6.07, 6.45) is 5.68. The largest absolute Gasteiger partial charge is 0.228 e. The Labute approximate surface area is 342 Å². The van der Waals surface area contributed by atoms with Crippen molar-refractivity contribution >= 4 is 17.3 Å². The highest BCUT2D eigenvalue weighted by molar-refractivity contribution is 7.99. The summed E-state index contributed by atoms with van der Waals surface area (Å²) in [5.74, 6) is 0.809. The van der Waals surface area contributed by atoms with Crippen LogP contribution < -0.4 is 0 Å². The van der Waals surface area contributed by atoms with Gasteiger partial charge in [-0.3, -0.25) is 0 Å². The van der Waals surface area contributed by atoms with Gasteiger partial charge < -0.3 is 0 Å². The normalized spacial score (nSPS) is 15.6. The molecular weight excluding hydrogens is 723 g/mol. The van der Waals surface area contributed by atoms with Crippen molar-refractivity contribution in [3.63, 3.8) is 0 Å². The van der Waals surface area contributed by atoms with E-state index in [-0.39, 0.29) is 5.92 Å². The molecule has 1 spiro atoms. The first-order valence-corrected chi connectivity index (χ1v) is 20.5. The van der Waals surface area contributed by atoms with Crippen molar-refractivity contribution in [2.75, 3.05) is 0 Å². The standard InChI is InChI=1S/C54H35N3S/c55-34-35-14-11-19-38(30-35)39-20-12-21-40(31-39)42-22-13-25-47-52(42)43-32-41(49-33-48(36-15-3-1-4-16-36)56-53(57-49)37-17-5-2-6-18-37)28-29-44(43)54(47)45-23-7-9-26-50(45)58-51-27-10-8-24-46(51)54/h1-21,23-33,42H,22H2. The Morgan fingerprint density at radius 1 is 0.534 bits per heavy atom. The smallest absolute Gasteiger partial charge is 0.160 e. The molecule has 7 aromatic carbocycles. The molecule has 1 unspecified atom stereocenters. The van der Waals surface area contributed by atoms with Gasteiger partial charge in [0.2, 0.25) is 0 Å². The van der Waals surface area contributed by atoms with Gasteiger partial charge in [-0.2, -0.15) is 5.26 Å². The summed E-state index contributed by atoms with van der Waals surface area (Å²) in [6.45, 7) is 0. The summed E-state index contributed by atoms with van der Waals surface area (Å²) in [6, 6.07) is 67.0. The van der Waals surface area contributed by atoms with Crippen LogP contribution in [-0.2, 0) is 5.41 Å². The van der Waals surface area contributed by atoms with Crippen LogP contribution >= 0.6 is 11.8 Å². The van der Waals surface area contributed by atoms with Gasteiger partial charge in [-0.05, 0) is 92.9 Å². The topological polar surface area (TPSA) is 49.6 Å². The lowest BCUT2D eigenvalue weighted by molar-refractivity contribution is 0.709. The second-order valence-electron chi connectivity index (χ2n) is 15.1. The van der Waals surface area contributed by atoms with Crippen LogP contribution in [0.5, 0.6) is 0 Å². The lowest BCUT2D eigenvalue weighted by Crippen LogP contribution is -2.33. The first-order valence-electron chi connectivity index (χ1n) is 19.7. The third-order valence-corrected chi connectivity index (χ3v) is 13.1. The zero-order valence-electron chi connectivity index (χ0n) is 31.5. The van der Waals surface area contributed by atoms with Crippen LogP contribution in [-0.4, -0.2) is 9.97 Å². The molecule has 3 aliphatic rings. The molecule has 58 heavy (non-hydrogen) atoms. The second kappa shape index (κ2) is 13.8. The third-order valence-electron chi connectivity index (χ3n) is 12.0. The van der Waals surface area contributed by atoms with Crippen molar-refractivity contribution in [3.8, 4) is 51.1 Å². The number of hydrogen-bond donors (Lipinski definition) is 0. The number of fused-ring (bicyclic) bond motifs is 8. The number of benzene rings is 7. The Kier molecular flexibility index (Phi) is 8.17. The first kappa shape index (κ1) is 34.2. The lowest BCUT2D eigenvalue weighted by atomic mass is 9.65. The van der Waals surface area contributed by atoms with Gasteiger partial charge in [0.15, 0.2) is 5.82 Å². The molecule has 11 rings (SSSR count). The average molecular weight is 758 g/mol. The maximum atomic E-state index is 9.70. The quantitative estimate of drug-likeness (QED) is 0.175. The molecule has 8 aromatic rings. The Hall–Kier alpha value is -7.06. The fourth-order valence-electron chi connectivity index (χ4n) is 9.42. The number of allylic oxidation sites excluding steroid dienone is 4. The van der Waals surface area contributed by atoms with Gasteiger partial charge in [-0.1, -0.05) is 170 Å². The van der Waals surface area contributed by atoms with Gasteiger partial charge >= 0.3 is 0 Å². The zero-order valence-corrected chi connectivity index (χ0v) is 32.3. The Morgan fingerprint density at radius 2 is 1.16 bits per heavy atom. The molecule has 4 heteroatoms. The minimum Gasteiger partial charge on any atom is -0.228 e. The van der Waals surface area contributed by atoms with Gasteiger partial charge in [-0.25, -0.2) is 9.97 Å². The number of rotatable bonds is 5. The molecular formula is C54H35N3S. The van der Waals surface area contributed by atoms with E-state index in [4.69, 9.17) is 9.97 Å². The molecule has 0 N–H and O–H groups in total. The fraction of sp³-hybridized carbons (Fsp3) is 0.0556. The SMILES string of the molecule is N#Cc1cccc(-c2cccc(C3CC=CC4=C3c3cc(-c5cc(-c6ccccc6)nc(-c6ccccc6)n5)ccc3C43c4ccccc4Sc4ccccc43)c2)c1. The van der Waals surface area contributed by atoms with Gasteiger partial charge in [0.25, 0.3) is 0 Å². The molecule has 0 saturated carbocycles. The lowest BCUT2D eigenvalue weighted by Gasteiger charge is -2.41. The van der Waals surface area contributed by atoms with Gasteiger partial charge in [-0.15, -0.1) is 0 Å². The molecule has 0 fully saturated rings. The number of nitrogens with zero attached hydrogens (tertiary/aromatic N) is 3. The highest BCUT2D eigenvalue weighted by atomic mass is 32.2. The minimum absolute atomic E-state index is 0.103. The molecule has 2 heterocycles. The van der Waals surface area contributed by atoms with E-state index in [1.807, 2.05) is 54.2 Å². The molecule has 0 bridgehead atoms. The van der Waals surface area contributed by atoms with Crippen LogP contribution in [0, 0.1) is 11.3 Å². The molecule has 0 amide bonds. The van der Waals surface area contributed by atoms with Crippen molar-refractivity contribution < 1.29 is 0 Å². The molecule has 1 atom stereocenters. The Balaban J connectivity index is 1.16. The number of hydrogen-bond acceptors (Lipinski definition) is 4. The molecule has 2 aliphatic carbocycles. The molecule has 1 aliphatic heterocycles. The monoisotopic (exact) mass is 757 g/mol. The zero-order chi connectivity index (χ0) is 38.6. The van der Waals surface area contributed by atoms with E-state index in [0.29, 0.717) is 11.4 Å². The van der Waals surface area contributed by atoms with Crippen molar-refractivity contribution in [3.05, 3.63) is 233 Å². The van der Waals surface area contributed by atoms with Gasteiger partial charge in [0.1, 0.15) is 0 Å². The summed E-state index contributed by atoms with van der Waals surface area (Å²) in [7, 11) is 0. The van der Waals surface area contributed by atoms with Crippen LogP contribution in [0.4, 0.5) is 0 Å². The maximum Gasteiger partial charge on any atom is 0.160 e. The predicted octanol–water partition coefficient (Wildman–Crippen LogP) is 13.3. The van der Waals surface area contributed by atoms with Crippen molar-refractivity contribution in [1.82, 2.24) is 9.97 Å². The Bertz CT molecular complexity index is 2930. The van der Waals surface area contributed by atoms with Gasteiger partial charge in [0, 0.05) is 32.4 Å². The van der Waals surface area contributed by atoms with Crippen molar-refractivity contribution in [1.29, 1.82) is 5.26 Å². The van der Waals surface area contributed by atoms with E-state index in [0.717, 1.165) is 45.6 Å². The summed E-state index contributed by atoms with van der Waals surface area (Å²) < 4.78 is 0. The van der Waals surface area contributed by atoms with Crippen molar-refractivity contribution in [2.45, 2.75) is 27.5 Å².